The van der Waals surface area contributed by atoms with Gasteiger partial charge >= 0.3 is 12.5 Å². The van der Waals surface area contributed by atoms with E-state index in [4.69, 9.17) is 4.52 Å². The van der Waals surface area contributed by atoms with Gasteiger partial charge < -0.3 is 24.6 Å². The maximum Gasteiger partial charge on any atom is 0.573 e. The number of aryl methyl sites for hydroxylation is 1. The van der Waals surface area contributed by atoms with Gasteiger partial charge in [-0.25, -0.2) is 4.79 Å². The summed E-state index contributed by atoms with van der Waals surface area (Å²) < 4.78 is 48.1. The van der Waals surface area contributed by atoms with E-state index in [9.17, 15) is 27.9 Å². The van der Waals surface area contributed by atoms with E-state index in [2.05, 4.69) is 25.3 Å². The lowest BCUT2D eigenvalue weighted by molar-refractivity contribution is -0.274. The number of hydrogen-bond acceptors (Lipinski definition) is 7. The predicted molar refractivity (Wildman–Crippen MR) is 145 cm³/mol. The normalized spacial score (nSPS) is 11.8. The summed E-state index contributed by atoms with van der Waals surface area (Å²) in [5, 5.41) is 20.6. The molecule has 2 aromatic carbocycles. The largest absolute Gasteiger partial charge is 0.573 e. The van der Waals surface area contributed by atoms with Gasteiger partial charge in [0.2, 0.25) is 5.82 Å². The van der Waals surface area contributed by atoms with Crippen molar-refractivity contribution in [3.8, 4) is 28.7 Å². The molecule has 0 unspecified atom stereocenters. The van der Waals surface area contributed by atoms with Crippen LogP contribution in [0.2, 0.25) is 0 Å². The van der Waals surface area contributed by atoms with Crippen LogP contribution in [0.4, 0.5) is 18.0 Å². The molecule has 2 heterocycles. The average molecular weight is 587 g/mol. The summed E-state index contributed by atoms with van der Waals surface area (Å²) in [5.74, 6) is -0.397. The molecule has 0 bridgehead atoms. The van der Waals surface area contributed by atoms with Crippen molar-refractivity contribution >= 4 is 12.0 Å². The molecule has 0 radical (unpaired) electrons. The molecular formula is C28H29F3N6O5. The summed E-state index contributed by atoms with van der Waals surface area (Å²) in [6.45, 7) is 7.83. The Balaban J connectivity index is 1.41. The van der Waals surface area contributed by atoms with Crippen LogP contribution in [0.3, 0.4) is 0 Å². The molecule has 11 nitrogen and oxygen atoms in total. The van der Waals surface area contributed by atoms with Crippen molar-refractivity contribution in [2.45, 2.75) is 46.1 Å². The first kappa shape index (κ1) is 30.1. The zero-order valence-corrected chi connectivity index (χ0v) is 23.3. The van der Waals surface area contributed by atoms with Crippen LogP contribution >= 0.6 is 0 Å². The number of aromatic nitrogens is 4. The third-order valence-electron chi connectivity index (χ3n) is 6.16. The summed E-state index contributed by atoms with van der Waals surface area (Å²) in [7, 11) is 0. The Bertz CT molecular complexity index is 1560. The first-order chi connectivity index (χ1) is 19.7. The number of nitrogens with one attached hydrogen (secondary N) is 1. The number of rotatable bonds is 9. The van der Waals surface area contributed by atoms with E-state index in [1.807, 2.05) is 13.0 Å². The molecule has 4 rings (SSSR count). The smallest absolute Gasteiger partial charge is 0.465 e. The molecule has 2 N–H and O–H groups in total. The van der Waals surface area contributed by atoms with Crippen LogP contribution in [0, 0.1) is 6.92 Å². The fraction of sp³-hybridized carbons (Fsp3) is 0.321. The van der Waals surface area contributed by atoms with Crippen LogP contribution in [0.5, 0.6) is 5.75 Å². The second-order valence-electron chi connectivity index (χ2n) is 10.4. The van der Waals surface area contributed by atoms with Crippen molar-refractivity contribution in [1.82, 2.24) is 30.1 Å². The van der Waals surface area contributed by atoms with Crippen LogP contribution in [-0.4, -0.2) is 66.9 Å². The lowest BCUT2D eigenvalue weighted by Gasteiger charge is -2.33. The van der Waals surface area contributed by atoms with Crippen LogP contribution in [0.1, 0.15) is 42.4 Å². The quantitative estimate of drug-likeness (QED) is 0.268. The number of halogens is 3. The summed E-state index contributed by atoms with van der Waals surface area (Å²) in [6.07, 6.45) is -5.85. The van der Waals surface area contributed by atoms with Crippen molar-refractivity contribution in [2.24, 2.45) is 0 Å². The number of carbonyl (C=O) groups excluding carboxylic acids is 1. The highest BCUT2D eigenvalue weighted by Gasteiger charge is 2.31. The van der Waals surface area contributed by atoms with Gasteiger partial charge in [-0.15, -0.1) is 13.2 Å². The molecule has 0 saturated carbocycles. The van der Waals surface area contributed by atoms with E-state index < -0.39 is 18.0 Å². The SMILES string of the molecule is Cc1cc(-c2nc(-c3ccc(OC(F)(F)F)cc3)no2)nn1Cc1cccc(C(=O)NCCN(C(=O)O)C(C)(C)C)c1. The summed E-state index contributed by atoms with van der Waals surface area (Å²) >= 11 is 0. The van der Waals surface area contributed by atoms with Crippen molar-refractivity contribution in [3.05, 3.63) is 71.4 Å². The first-order valence-corrected chi connectivity index (χ1v) is 12.8. The molecule has 0 aliphatic carbocycles. The van der Waals surface area contributed by atoms with E-state index in [0.717, 1.165) is 23.4 Å². The molecule has 0 fully saturated rings. The zero-order valence-electron chi connectivity index (χ0n) is 23.3. The molecule has 222 valence electrons. The molecule has 2 amide bonds. The Kier molecular flexibility index (Phi) is 8.54. The Morgan fingerprint density at radius 1 is 1.10 bits per heavy atom. The van der Waals surface area contributed by atoms with Crippen molar-refractivity contribution in [3.63, 3.8) is 0 Å². The van der Waals surface area contributed by atoms with E-state index in [1.165, 1.54) is 17.0 Å². The minimum absolute atomic E-state index is 0.126. The molecule has 0 aliphatic heterocycles. The van der Waals surface area contributed by atoms with E-state index in [1.54, 1.807) is 49.7 Å². The van der Waals surface area contributed by atoms with Crippen molar-refractivity contribution < 1.29 is 37.1 Å². The van der Waals surface area contributed by atoms with Gasteiger partial charge in [0.25, 0.3) is 11.8 Å². The van der Waals surface area contributed by atoms with Crippen LogP contribution < -0.4 is 10.1 Å². The second-order valence-corrected chi connectivity index (χ2v) is 10.4. The van der Waals surface area contributed by atoms with E-state index in [0.29, 0.717) is 23.4 Å². The molecule has 0 spiro atoms. The lowest BCUT2D eigenvalue weighted by Crippen LogP contribution is -2.48. The fourth-order valence-electron chi connectivity index (χ4n) is 4.11. The van der Waals surface area contributed by atoms with Crippen LogP contribution in [0.25, 0.3) is 23.0 Å². The van der Waals surface area contributed by atoms with Gasteiger partial charge in [-0.1, -0.05) is 17.3 Å². The van der Waals surface area contributed by atoms with Crippen molar-refractivity contribution in [2.75, 3.05) is 13.1 Å². The zero-order chi connectivity index (χ0) is 30.7. The Labute approximate surface area is 238 Å². The molecule has 14 heteroatoms. The number of ether oxygens (including phenoxy) is 1. The second kappa shape index (κ2) is 11.9. The van der Waals surface area contributed by atoms with Gasteiger partial charge in [-0.3, -0.25) is 9.48 Å². The van der Waals surface area contributed by atoms with Gasteiger partial charge in [-0.2, -0.15) is 10.1 Å². The highest BCUT2D eigenvalue weighted by molar-refractivity contribution is 5.94. The molecule has 0 aliphatic rings. The number of carbonyl (C=O) groups is 2. The average Bonchev–Trinajstić information content (AvgIpc) is 3.52. The summed E-state index contributed by atoms with van der Waals surface area (Å²) in [4.78, 5) is 29.8. The number of alkyl halides is 3. The van der Waals surface area contributed by atoms with Gasteiger partial charge in [0.05, 0.1) is 6.54 Å². The van der Waals surface area contributed by atoms with Gasteiger partial charge in [-0.05, 0) is 75.7 Å². The lowest BCUT2D eigenvalue weighted by atomic mass is 10.1. The highest BCUT2D eigenvalue weighted by atomic mass is 19.4. The Morgan fingerprint density at radius 2 is 1.81 bits per heavy atom. The Morgan fingerprint density at radius 3 is 2.45 bits per heavy atom. The first-order valence-electron chi connectivity index (χ1n) is 12.8. The van der Waals surface area contributed by atoms with Crippen LogP contribution in [-0.2, 0) is 6.54 Å². The van der Waals surface area contributed by atoms with Crippen LogP contribution in [0.15, 0.2) is 59.1 Å². The monoisotopic (exact) mass is 586 g/mol. The number of nitrogens with zero attached hydrogens (tertiary/aromatic N) is 5. The van der Waals surface area contributed by atoms with Gasteiger partial charge in [0.15, 0.2) is 5.69 Å². The summed E-state index contributed by atoms with van der Waals surface area (Å²) in [6, 6.07) is 13.8. The number of hydrogen-bond donors (Lipinski definition) is 2. The van der Waals surface area contributed by atoms with E-state index in [-0.39, 0.29) is 36.5 Å². The standard InChI is InChI=1S/C28H29F3N6O5/c1-17-14-22(25-33-23(35-42-25)19-8-10-21(11-9-19)41-28(29,30)31)34-37(17)16-18-6-5-7-20(15-18)24(38)32-12-13-36(26(39)40)27(2,3)4/h5-11,14-15H,12-13,16H2,1-4H3,(H,32,38)(H,39,40). The highest BCUT2D eigenvalue weighted by Crippen LogP contribution is 2.27. The molecule has 0 atom stereocenters. The molecule has 42 heavy (non-hydrogen) atoms. The van der Waals surface area contributed by atoms with E-state index >= 15 is 0 Å². The number of benzene rings is 2. The molecular weight excluding hydrogens is 557 g/mol. The fourth-order valence-corrected chi connectivity index (χ4v) is 4.11. The Hall–Kier alpha value is -4.88. The maximum absolute atomic E-state index is 12.7. The minimum atomic E-state index is -4.79. The third-order valence-corrected chi connectivity index (χ3v) is 6.16. The summed E-state index contributed by atoms with van der Waals surface area (Å²) in [5.41, 5.74) is 2.24. The topological polar surface area (TPSA) is 136 Å². The molecule has 0 saturated heterocycles. The van der Waals surface area contributed by atoms with Crippen molar-refractivity contribution in [1.29, 1.82) is 0 Å². The number of carboxylic acid groups (broad SMARTS) is 1. The number of amides is 2. The molecule has 2 aromatic heterocycles. The maximum atomic E-state index is 12.7. The minimum Gasteiger partial charge on any atom is -0.465 e. The predicted octanol–water partition coefficient (Wildman–Crippen LogP) is 5.36. The molecule has 4 aromatic rings. The van der Waals surface area contributed by atoms with Gasteiger partial charge in [0.1, 0.15) is 5.75 Å². The van der Waals surface area contributed by atoms with Gasteiger partial charge in [0, 0.05) is 35.4 Å². The third kappa shape index (κ3) is 7.65.